The minimum atomic E-state index is -3.43. The lowest BCUT2D eigenvalue weighted by Crippen LogP contribution is -2.29. The van der Waals surface area contributed by atoms with Gasteiger partial charge in [-0.3, -0.25) is 0 Å². The average molecular weight is 401 g/mol. The largest absolute Gasteiger partial charge is 0.252 e. The van der Waals surface area contributed by atoms with Gasteiger partial charge >= 0.3 is 0 Å². The van der Waals surface area contributed by atoms with E-state index >= 15 is 0 Å². The number of rotatable bonds is 5. The van der Waals surface area contributed by atoms with E-state index in [1.54, 1.807) is 18.2 Å². The molecule has 104 valence electrons. The molecule has 0 bridgehead atoms. The lowest BCUT2D eigenvalue weighted by atomic mass is 10.4. The van der Waals surface area contributed by atoms with Crippen LogP contribution < -0.4 is 0 Å². The fraction of sp³-hybridized carbons (Fsp3) is 0.273. The third-order valence-corrected chi connectivity index (χ3v) is 7.68. The van der Waals surface area contributed by atoms with Crippen molar-refractivity contribution in [3.63, 3.8) is 0 Å². The molecule has 8 heteroatoms. The van der Waals surface area contributed by atoms with Crippen LogP contribution in [0.1, 0.15) is 11.8 Å². The Kier molecular flexibility index (Phi) is 5.08. The van der Waals surface area contributed by atoms with Crippen LogP contribution in [0.2, 0.25) is 4.34 Å². The van der Waals surface area contributed by atoms with Crippen LogP contribution in [0.3, 0.4) is 0 Å². The topological polar surface area (TPSA) is 37.4 Å². The Bertz CT molecular complexity index is 665. The molecule has 3 nitrogen and oxygen atoms in total. The van der Waals surface area contributed by atoms with Crippen LogP contribution in [-0.2, 0) is 16.6 Å². The first-order valence-electron chi connectivity index (χ1n) is 5.43. The molecule has 0 atom stereocenters. The zero-order valence-corrected chi connectivity index (χ0v) is 14.8. The third kappa shape index (κ3) is 3.59. The average Bonchev–Trinajstić information content (AvgIpc) is 2.95. The summed E-state index contributed by atoms with van der Waals surface area (Å²) in [5.74, 6) is 0. The van der Waals surface area contributed by atoms with Gasteiger partial charge in [-0.15, -0.1) is 22.7 Å². The second-order valence-corrected chi connectivity index (χ2v) is 10.1. The number of nitrogens with zero attached hydrogens (tertiary/aromatic N) is 1. The molecule has 0 aliphatic rings. The molecule has 0 aromatic carbocycles. The summed E-state index contributed by atoms with van der Waals surface area (Å²) in [5.41, 5.74) is 0. The molecule has 2 rings (SSSR count). The molecule has 2 aromatic rings. The zero-order chi connectivity index (χ0) is 14.0. The van der Waals surface area contributed by atoms with Gasteiger partial charge in [0.25, 0.3) is 10.0 Å². The predicted octanol–water partition coefficient (Wildman–Crippen LogP) is 4.44. The van der Waals surface area contributed by atoms with Crippen molar-refractivity contribution in [1.82, 2.24) is 4.31 Å². The van der Waals surface area contributed by atoms with Crippen molar-refractivity contribution >= 4 is 60.2 Å². The van der Waals surface area contributed by atoms with Gasteiger partial charge in [-0.2, -0.15) is 4.31 Å². The highest BCUT2D eigenvalue weighted by molar-refractivity contribution is 9.11. The summed E-state index contributed by atoms with van der Waals surface area (Å²) in [7, 11) is -3.43. The molecule has 19 heavy (non-hydrogen) atoms. The molecular formula is C11H11BrClNO2S3. The number of hydrogen-bond donors (Lipinski definition) is 0. The number of sulfonamides is 1. The summed E-state index contributed by atoms with van der Waals surface area (Å²) in [5, 5.41) is 0. The maximum atomic E-state index is 12.5. The van der Waals surface area contributed by atoms with E-state index in [0.29, 0.717) is 21.6 Å². The lowest BCUT2D eigenvalue weighted by Gasteiger charge is -2.18. The Morgan fingerprint density at radius 3 is 2.47 bits per heavy atom. The van der Waals surface area contributed by atoms with Gasteiger partial charge in [0.15, 0.2) is 0 Å². The Morgan fingerprint density at radius 2 is 2.00 bits per heavy atom. The van der Waals surface area contributed by atoms with E-state index in [2.05, 4.69) is 15.9 Å². The fourth-order valence-electron chi connectivity index (χ4n) is 1.54. The molecule has 0 N–H and O–H groups in total. The second-order valence-electron chi connectivity index (χ2n) is 3.70. The van der Waals surface area contributed by atoms with Crippen LogP contribution in [0.25, 0.3) is 0 Å². The van der Waals surface area contributed by atoms with Crippen molar-refractivity contribution in [3.8, 4) is 0 Å². The third-order valence-electron chi connectivity index (χ3n) is 2.46. The highest BCUT2D eigenvalue weighted by Crippen LogP contribution is 2.30. The van der Waals surface area contributed by atoms with Crippen LogP contribution in [0.15, 0.2) is 32.3 Å². The summed E-state index contributed by atoms with van der Waals surface area (Å²) in [4.78, 5) is 0.936. The van der Waals surface area contributed by atoms with Gasteiger partial charge in [0.2, 0.25) is 0 Å². The van der Waals surface area contributed by atoms with E-state index in [4.69, 9.17) is 11.6 Å². The summed E-state index contributed by atoms with van der Waals surface area (Å²) >= 11 is 11.8. The van der Waals surface area contributed by atoms with Crippen LogP contribution in [0.5, 0.6) is 0 Å². The smallest absolute Gasteiger partial charge is 0.206 e. The lowest BCUT2D eigenvalue weighted by molar-refractivity contribution is 0.428. The molecule has 0 radical (unpaired) electrons. The first-order chi connectivity index (χ1) is 8.93. The van der Waals surface area contributed by atoms with E-state index in [1.807, 2.05) is 13.0 Å². The minimum absolute atomic E-state index is 0.351. The van der Waals surface area contributed by atoms with Crippen molar-refractivity contribution in [2.45, 2.75) is 17.7 Å². The summed E-state index contributed by atoms with van der Waals surface area (Å²) in [6, 6.07) is 7.00. The van der Waals surface area contributed by atoms with Gasteiger partial charge in [0, 0.05) is 18.0 Å². The van der Waals surface area contributed by atoms with Crippen molar-refractivity contribution in [1.29, 1.82) is 0 Å². The monoisotopic (exact) mass is 399 g/mol. The summed E-state index contributed by atoms with van der Waals surface area (Å²) in [6.07, 6.45) is 0. The molecule has 2 heterocycles. The molecule has 0 amide bonds. The van der Waals surface area contributed by atoms with Gasteiger partial charge in [0.1, 0.15) is 4.21 Å². The summed E-state index contributed by atoms with van der Waals surface area (Å²) < 4.78 is 28.2. The van der Waals surface area contributed by atoms with Crippen LogP contribution in [0.4, 0.5) is 0 Å². The Balaban J connectivity index is 2.26. The Labute approximate surface area is 134 Å². The fourth-order valence-corrected chi connectivity index (χ4v) is 6.32. The van der Waals surface area contributed by atoms with E-state index < -0.39 is 10.0 Å². The molecule has 0 spiro atoms. The molecule has 0 aliphatic heterocycles. The Hall–Kier alpha value is 0.0800. The van der Waals surface area contributed by atoms with E-state index in [0.717, 1.165) is 8.66 Å². The van der Waals surface area contributed by atoms with Crippen molar-refractivity contribution < 1.29 is 8.42 Å². The summed E-state index contributed by atoms with van der Waals surface area (Å²) in [6.45, 7) is 2.61. The quantitative estimate of drug-likeness (QED) is 0.744. The van der Waals surface area contributed by atoms with Crippen LogP contribution >= 0.6 is 50.2 Å². The van der Waals surface area contributed by atoms with Gasteiger partial charge in [-0.25, -0.2) is 8.42 Å². The maximum absolute atomic E-state index is 12.5. The van der Waals surface area contributed by atoms with E-state index in [9.17, 15) is 8.42 Å². The zero-order valence-electron chi connectivity index (χ0n) is 9.97. The van der Waals surface area contributed by atoms with Gasteiger partial charge in [0.05, 0.1) is 8.12 Å². The highest BCUT2D eigenvalue weighted by Gasteiger charge is 2.25. The van der Waals surface area contributed by atoms with Crippen molar-refractivity contribution in [2.75, 3.05) is 6.54 Å². The van der Waals surface area contributed by atoms with Gasteiger partial charge in [-0.1, -0.05) is 18.5 Å². The molecule has 0 saturated heterocycles. The van der Waals surface area contributed by atoms with Crippen molar-refractivity contribution in [3.05, 3.63) is 37.3 Å². The molecule has 0 saturated carbocycles. The number of thiophene rings is 2. The standard InChI is InChI=1S/C11H11BrClNO2S3/c1-2-14(7-8-3-5-10(13)17-8)19(15,16)11-6-4-9(12)18-11/h3-6H,2,7H2,1H3. The second kappa shape index (κ2) is 6.24. The molecule has 0 unspecified atom stereocenters. The van der Waals surface area contributed by atoms with Crippen LogP contribution in [-0.4, -0.2) is 19.3 Å². The molecule has 0 fully saturated rings. The normalized spacial score (nSPS) is 12.2. The first-order valence-corrected chi connectivity index (χ1v) is 9.67. The predicted molar refractivity (Wildman–Crippen MR) is 84.6 cm³/mol. The Morgan fingerprint density at radius 1 is 1.26 bits per heavy atom. The SMILES string of the molecule is CCN(Cc1ccc(Cl)s1)S(=O)(=O)c1ccc(Br)s1. The highest BCUT2D eigenvalue weighted by atomic mass is 79.9. The van der Waals surface area contributed by atoms with Gasteiger partial charge in [-0.05, 0) is 40.2 Å². The number of hydrogen-bond acceptors (Lipinski definition) is 4. The van der Waals surface area contributed by atoms with Crippen LogP contribution in [0, 0.1) is 0 Å². The molecule has 0 aliphatic carbocycles. The minimum Gasteiger partial charge on any atom is -0.206 e. The number of halogens is 2. The molecule has 2 aromatic heterocycles. The van der Waals surface area contributed by atoms with E-state index in [1.165, 1.54) is 27.0 Å². The van der Waals surface area contributed by atoms with Gasteiger partial charge < -0.3 is 0 Å². The van der Waals surface area contributed by atoms with Crippen molar-refractivity contribution in [2.24, 2.45) is 0 Å². The maximum Gasteiger partial charge on any atom is 0.252 e. The molecular weight excluding hydrogens is 390 g/mol. The first kappa shape index (κ1) is 15.5. The van der Waals surface area contributed by atoms with E-state index in [-0.39, 0.29) is 0 Å².